The van der Waals surface area contributed by atoms with E-state index in [1.165, 1.54) is 16.4 Å². The fourth-order valence-corrected chi connectivity index (χ4v) is 4.46. The van der Waals surface area contributed by atoms with Gasteiger partial charge in [0.2, 0.25) is 10.0 Å². The summed E-state index contributed by atoms with van der Waals surface area (Å²) in [7, 11) is -1.90. The van der Waals surface area contributed by atoms with E-state index in [-0.39, 0.29) is 10.8 Å². The minimum Gasteiger partial charge on any atom is -0.311 e. The van der Waals surface area contributed by atoms with Crippen LogP contribution in [0.25, 0.3) is 0 Å². The second-order valence-corrected chi connectivity index (χ2v) is 8.27. The molecule has 2 aromatic rings. The molecule has 0 atom stereocenters. The van der Waals surface area contributed by atoms with Gasteiger partial charge in [0, 0.05) is 31.4 Å². The number of aryl methyl sites for hydroxylation is 2. The molecular weight excluding hydrogens is 348 g/mol. The van der Waals surface area contributed by atoms with Crippen LogP contribution in [0.4, 0.5) is 5.69 Å². The summed E-state index contributed by atoms with van der Waals surface area (Å²) < 4.78 is 26.8. The topological polar surface area (TPSA) is 57.7 Å². The maximum absolute atomic E-state index is 12.9. The molecule has 140 valence electrons. The van der Waals surface area contributed by atoms with Crippen molar-refractivity contribution < 1.29 is 13.2 Å². The van der Waals surface area contributed by atoms with Crippen LogP contribution in [0, 0.1) is 13.8 Å². The average Bonchev–Trinajstić information content (AvgIpc) is 2.60. The first kappa shape index (κ1) is 20.1. The van der Waals surface area contributed by atoms with Crippen LogP contribution in [-0.4, -0.2) is 38.8 Å². The van der Waals surface area contributed by atoms with Crippen LogP contribution < -0.4 is 4.90 Å². The molecule has 0 aliphatic rings. The third-order valence-corrected chi connectivity index (χ3v) is 6.37. The molecule has 0 aliphatic heterocycles. The number of anilines is 1. The zero-order valence-electron chi connectivity index (χ0n) is 16.0. The highest BCUT2D eigenvalue weighted by atomic mass is 32.2. The highest BCUT2D eigenvalue weighted by Gasteiger charge is 2.23. The van der Waals surface area contributed by atoms with Gasteiger partial charge in [0.05, 0.1) is 4.90 Å². The third-order valence-electron chi connectivity index (χ3n) is 4.32. The maximum atomic E-state index is 12.9. The van der Waals surface area contributed by atoms with E-state index in [4.69, 9.17) is 0 Å². The first-order valence-electron chi connectivity index (χ1n) is 8.67. The lowest BCUT2D eigenvalue weighted by Crippen LogP contribution is -2.31. The number of nitrogens with zero attached hydrogens (tertiary/aromatic N) is 2. The number of benzene rings is 2. The van der Waals surface area contributed by atoms with Gasteiger partial charge in [-0.25, -0.2) is 8.42 Å². The minimum absolute atomic E-state index is 0.140. The van der Waals surface area contributed by atoms with Gasteiger partial charge in [0.15, 0.2) is 0 Å². The quantitative estimate of drug-likeness (QED) is 0.776. The van der Waals surface area contributed by atoms with Gasteiger partial charge in [-0.15, -0.1) is 0 Å². The molecule has 0 spiro atoms. The van der Waals surface area contributed by atoms with E-state index >= 15 is 0 Å². The molecule has 0 unspecified atom stereocenters. The Hall–Kier alpha value is -2.18. The summed E-state index contributed by atoms with van der Waals surface area (Å²) in [4.78, 5) is 14.6. The molecule has 0 radical (unpaired) electrons. The Morgan fingerprint density at radius 3 is 2.08 bits per heavy atom. The summed E-state index contributed by atoms with van der Waals surface area (Å²) in [6.45, 7) is 8.32. The second kappa shape index (κ2) is 8.01. The Balaban J connectivity index is 2.39. The highest BCUT2D eigenvalue weighted by molar-refractivity contribution is 7.89. The molecule has 0 aliphatic carbocycles. The zero-order chi connectivity index (χ0) is 19.5. The smallest absolute Gasteiger partial charge is 0.258 e. The first-order valence-corrected chi connectivity index (χ1v) is 10.1. The van der Waals surface area contributed by atoms with Gasteiger partial charge in [-0.3, -0.25) is 4.79 Å². The van der Waals surface area contributed by atoms with Crippen molar-refractivity contribution in [3.63, 3.8) is 0 Å². The molecule has 0 saturated heterocycles. The van der Waals surface area contributed by atoms with Gasteiger partial charge in [-0.1, -0.05) is 26.0 Å². The van der Waals surface area contributed by atoms with Crippen LogP contribution in [-0.2, 0) is 10.0 Å². The Morgan fingerprint density at radius 2 is 1.54 bits per heavy atom. The predicted octanol–water partition coefficient (Wildman–Crippen LogP) is 3.61. The highest BCUT2D eigenvalue weighted by Crippen LogP contribution is 2.22. The van der Waals surface area contributed by atoms with Crippen molar-refractivity contribution in [2.75, 3.05) is 25.0 Å². The third kappa shape index (κ3) is 4.14. The molecule has 1 amide bonds. The van der Waals surface area contributed by atoms with Crippen molar-refractivity contribution in [2.24, 2.45) is 0 Å². The monoisotopic (exact) mass is 374 g/mol. The summed E-state index contributed by atoms with van der Waals surface area (Å²) in [5.41, 5.74) is 3.26. The number of rotatable bonds is 6. The molecule has 6 heteroatoms. The average molecular weight is 375 g/mol. The molecule has 26 heavy (non-hydrogen) atoms. The van der Waals surface area contributed by atoms with Crippen LogP contribution in [0.3, 0.4) is 0 Å². The molecule has 0 aromatic heterocycles. The van der Waals surface area contributed by atoms with E-state index in [1.807, 2.05) is 32.0 Å². The fourth-order valence-electron chi connectivity index (χ4n) is 2.96. The van der Waals surface area contributed by atoms with Crippen LogP contribution >= 0.6 is 0 Å². The van der Waals surface area contributed by atoms with E-state index in [0.717, 1.165) is 16.8 Å². The summed E-state index contributed by atoms with van der Waals surface area (Å²) in [6.07, 6.45) is 0. The molecule has 0 heterocycles. The van der Waals surface area contributed by atoms with Gasteiger partial charge in [-0.05, 0) is 55.3 Å². The number of carbonyl (C=O) groups excluding carboxylic acids is 1. The minimum atomic E-state index is -3.60. The summed E-state index contributed by atoms with van der Waals surface area (Å²) in [5, 5.41) is 0. The predicted molar refractivity (Wildman–Crippen MR) is 105 cm³/mol. The Kier molecular flexibility index (Phi) is 6.21. The van der Waals surface area contributed by atoms with E-state index in [9.17, 15) is 13.2 Å². The molecule has 2 rings (SSSR count). The van der Waals surface area contributed by atoms with Gasteiger partial charge in [0.1, 0.15) is 0 Å². The van der Waals surface area contributed by atoms with E-state index in [2.05, 4.69) is 0 Å². The Morgan fingerprint density at radius 1 is 0.962 bits per heavy atom. The molecule has 2 aromatic carbocycles. The van der Waals surface area contributed by atoms with Crippen LogP contribution in [0.2, 0.25) is 0 Å². The number of hydrogen-bond donors (Lipinski definition) is 0. The van der Waals surface area contributed by atoms with Crippen molar-refractivity contribution >= 4 is 21.6 Å². The van der Waals surface area contributed by atoms with Crippen molar-refractivity contribution in [3.8, 4) is 0 Å². The van der Waals surface area contributed by atoms with E-state index in [1.54, 1.807) is 37.9 Å². The van der Waals surface area contributed by atoms with Gasteiger partial charge >= 0.3 is 0 Å². The Labute approximate surface area is 156 Å². The van der Waals surface area contributed by atoms with Gasteiger partial charge < -0.3 is 4.90 Å². The zero-order valence-corrected chi connectivity index (χ0v) is 16.8. The van der Waals surface area contributed by atoms with Crippen molar-refractivity contribution in [3.05, 3.63) is 59.2 Å². The van der Waals surface area contributed by atoms with Gasteiger partial charge in [-0.2, -0.15) is 4.31 Å². The summed E-state index contributed by atoms with van der Waals surface area (Å²) in [5.74, 6) is -0.244. The van der Waals surface area contributed by atoms with Gasteiger partial charge in [0.25, 0.3) is 5.91 Å². The SMILES string of the molecule is CCN(CC)S(=O)(=O)c1cccc(C(=O)N(C)c2cc(C)cc(C)c2)c1. The molecular formula is C20H26N2O3S. The molecule has 5 nitrogen and oxygen atoms in total. The number of hydrogen-bond acceptors (Lipinski definition) is 3. The lowest BCUT2D eigenvalue weighted by atomic mass is 10.1. The molecule has 0 fully saturated rings. The second-order valence-electron chi connectivity index (χ2n) is 6.33. The fraction of sp³-hybridized carbons (Fsp3) is 0.350. The molecule has 0 bridgehead atoms. The van der Waals surface area contributed by atoms with Crippen molar-refractivity contribution in [1.29, 1.82) is 0 Å². The normalized spacial score (nSPS) is 11.6. The number of carbonyl (C=O) groups is 1. The van der Waals surface area contributed by atoms with E-state index < -0.39 is 10.0 Å². The lowest BCUT2D eigenvalue weighted by molar-refractivity contribution is 0.0993. The maximum Gasteiger partial charge on any atom is 0.258 e. The largest absolute Gasteiger partial charge is 0.311 e. The van der Waals surface area contributed by atoms with Crippen LogP contribution in [0.15, 0.2) is 47.4 Å². The first-order chi connectivity index (χ1) is 12.2. The van der Waals surface area contributed by atoms with Crippen LogP contribution in [0.5, 0.6) is 0 Å². The number of amides is 1. The standard InChI is InChI=1S/C20H26N2O3S/c1-6-22(7-2)26(24,25)19-10-8-9-17(14-19)20(23)21(5)18-12-15(3)11-16(4)13-18/h8-14H,6-7H2,1-5H3. The summed E-state index contributed by atoms with van der Waals surface area (Å²) in [6, 6.07) is 12.1. The Bertz CT molecular complexity index is 883. The molecule has 0 N–H and O–H groups in total. The van der Waals surface area contributed by atoms with Crippen molar-refractivity contribution in [2.45, 2.75) is 32.6 Å². The lowest BCUT2D eigenvalue weighted by Gasteiger charge is -2.21. The van der Waals surface area contributed by atoms with Crippen LogP contribution in [0.1, 0.15) is 35.3 Å². The molecule has 0 saturated carbocycles. The number of sulfonamides is 1. The van der Waals surface area contributed by atoms with Crippen molar-refractivity contribution in [1.82, 2.24) is 4.31 Å². The summed E-state index contributed by atoms with van der Waals surface area (Å²) >= 11 is 0. The van der Waals surface area contributed by atoms with E-state index in [0.29, 0.717) is 18.7 Å².